The summed E-state index contributed by atoms with van der Waals surface area (Å²) in [5, 5.41) is 0. The van der Waals surface area contributed by atoms with Crippen molar-refractivity contribution < 1.29 is 47.7 Å². The maximum absolute atomic E-state index is 13.0. The van der Waals surface area contributed by atoms with Crippen LogP contribution in [-0.4, -0.2) is 60.9 Å². The van der Waals surface area contributed by atoms with Crippen LogP contribution in [0.2, 0.25) is 0 Å². The molecule has 210 valence electrons. The molecule has 0 aromatic heterocycles. The van der Waals surface area contributed by atoms with E-state index in [4.69, 9.17) is 23.7 Å². The topological polar surface area (TPSA) is 132 Å². The number of esters is 4. The van der Waals surface area contributed by atoms with Crippen LogP contribution in [0.1, 0.15) is 73.6 Å². The molecule has 0 radical (unpaired) electrons. The summed E-state index contributed by atoms with van der Waals surface area (Å²) >= 11 is 0. The molecule has 10 nitrogen and oxygen atoms in total. The van der Waals surface area contributed by atoms with Crippen molar-refractivity contribution >= 4 is 29.7 Å². The molecule has 10 heteroatoms. The van der Waals surface area contributed by atoms with Crippen molar-refractivity contribution in [3.63, 3.8) is 0 Å². The Morgan fingerprint density at radius 1 is 0.947 bits per heavy atom. The summed E-state index contributed by atoms with van der Waals surface area (Å²) in [5.41, 5.74) is -0.763. The van der Waals surface area contributed by atoms with Crippen molar-refractivity contribution in [2.45, 2.75) is 97.7 Å². The molecule has 0 saturated heterocycles. The summed E-state index contributed by atoms with van der Waals surface area (Å²) in [5.74, 6) is -4.41. The van der Waals surface area contributed by atoms with Crippen LogP contribution in [0.5, 0.6) is 0 Å². The van der Waals surface area contributed by atoms with Crippen molar-refractivity contribution in [2.75, 3.05) is 7.11 Å². The fraction of sp³-hybridized carbons (Fsp3) is 0.750. The van der Waals surface area contributed by atoms with E-state index in [-0.39, 0.29) is 24.0 Å². The molecule has 3 fully saturated rings. The molecular weight excluding hydrogens is 496 g/mol. The van der Waals surface area contributed by atoms with Crippen molar-refractivity contribution in [3.8, 4) is 0 Å². The highest BCUT2D eigenvalue weighted by Crippen LogP contribution is 2.64. The number of methoxy groups -OCH3 is 1. The van der Waals surface area contributed by atoms with Crippen LogP contribution in [0.4, 0.5) is 0 Å². The van der Waals surface area contributed by atoms with Crippen LogP contribution in [0.3, 0.4) is 0 Å². The second-order valence-electron chi connectivity index (χ2n) is 11.8. The van der Waals surface area contributed by atoms with Crippen LogP contribution in [0.15, 0.2) is 11.6 Å². The molecule has 3 aliphatic carbocycles. The van der Waals surface area contributed by atoms with Crippen molar-refractivity contribution in [1.29, 1.82) is 0 Å². The third-order valence-corrected chi connectivity index (χ3v) is 9.53. The highest BCUT2D eigenvalue weighted by Gasteiger charge is 2.66. The highest BCUT2D eigenvalue weighted by molar-refractivity contribution is 5.87. The van der Waals surface area contributed by atoms with Gasteiger partial charge in [0.15, 0.2) is 11.9 Å². The lowest BCUT2D eigenvalue weighted by molar-refractivity contribution is -0.228. The Morgan fingerprint density at radius 2 is 1.58 bits per heavy atom. The molecule has 0 N–H and O–H groups in total. The molecule has 4 aliphatic rings. The molecule has 4 rings (SSSR count). The Kier molecular flexibility index (Phi) is 7.27. The van der Waals surface area contributed by atoms with Crippen molar-refractivity contribution in [1.82, 2.24) is 0 Å². The number of carbonyl (C=O) groups excluding carboxylic acids is 5. The number of cyclic esters (lactones) is 1. The van der Waals surface area contributed by atoms with Crippen molar-refractivity contribution in [3.05, 3.63) is 11.6 Å². The molecule has 0 spiro atoms. The summed E-state index contributed by atoms with van der Waals surface area (Å²) in [6.07, 6.45) is 1.28. The first-order valence-electron chi connectivity index (χ1n) is 13.2. The monoisotopic (exact) mass is 534 g/mol. The number of Topliss-reactive ketones (excluding diaryl/α,β-unsaturated/α-hetero) is 1. The zero-order valence-corrected chi connectivity index (χ0v) is 23.2. The molecule has 0 amide bonds. The Morgan fingerprint density at radius 3 is 2.16 bits per heavy atom. The predicted molar refractivity (Wildman–Crippen MR) is 131 cm³/mol. The number of ketones is 1. The van der Waals surface area contributed by atoms with Gasteiger partial charge in [0, 0.05) is 70.1 Å². The number of hydrogen-bond acceptors (Lipinski definition) is 10. The third-order valence-electron chi connectivity index (χ3n) is 9.53. The largest absolute Gasteiger partial charge is 0.462 e. The molecule has 1 heterocycles. The summed E-state index contributed by atoms with van der Waals surface area (Å²) in [4.78, 5) is 62.0. The standard InChI is InChI=1S/C28H38O10/c1-14(29)35-20-12-17-18(26(4)11-9-19(32)24(23(20)26)36-15(2)30)8-10-27(5,25(17)37-16(3)31)21-13-22(33)38-28(21,6)34-7/h13,17-18,20,23-25H,8-12H2,1-7H3/t17-,18+,20+,23+,24+,25-,26-,27-,28-/m1/s1. The van der Waals surface area contributed by atoms with Crippen molar-refractivity contribution in [2.24, 2.45) is 28.6 Å². The van der Waals surface area contributed by atoms with E-state index >= 15 is 0 Å². The molecule has 9 atom stereocenters. The smallest absolute Gasteiger partial charge is 0.333 e. The van der Waals surface area contributed by atoms with Crippen LogP contribution < -0.4 is 0 Å². The minimum atomic E-state index is -1.31. The molecule has 1 aliphatic heterocycles. The van der Waals surface area contributed by atoms with Gasteiger partial charge in [-0.2, -0.15) is 0 Å². The van der Waals surface area contributed by atoms with E-state index in [1.54, 1.807) is 6.92 Å². The summed E-state index contributed by atoms with van der Waals surface area (Å²) in [6, 6.07) is 0. The van der Waals surface area contributed by atoms with Gasteiger partial charge in [0.2, 0.25) is 5.79 Å². The second kappa shape index (κ2) is 9.77. The normalized spacial score (nSPS) is 42.2. The van der Waals surface area contributed by atoms with Gasteiger partial charge in [-0.25, -0.2) is 4.79 Å². The van der Waals surface area contributed by atoms with Crippen LogP contribution in [0, 0.1) is 28.6 Å². The predicted octanol–water partition coefficient (Wildman–Crippen LogP) is 3.05. The molecular formula is C28H38O10. The molecule has 0 aromatic carbocycles. The molecule has 38 heavy (non-hydrogen) atoms. The van der Waals surface area contributed by atoms with E-state index in [0.29, 0.717) is 31.3 Å². The Bertz CT molecular complexity index is 1080. The van der Waals surface area contributed by atoms with Gasteiger partial charge in [-0.1, -0.05) is 13.8 Å². The summed E-state index contributed by atoms with van der Waals surface area (Å²) < 4.78 is 28.6. The summed E-state index contributed by atoms with van der Waals surface area (Å²) in [7, 11) is 1.46. The third kappa shape index (κ3) is 4.54. The number of fused-ring (bicyclic) bond motifs is 3. The second-order valence-corrected chi connectivity index (χ2v) is 11.8. The van der Waals surface area contributed by atoms with Crippen LogP contribution in [0.25, 0.3) is 0 Å². The fourth-order valence-electron chi connectivity index (χ4n) is 8.01. The maximum atomic E-state index is 13.0. The lowest BCUT2D eigenvalue weighted by atomic mass is 9.44. The number of ether oxygens (including phenoxy) is 5. The van der Waals surface area contributed by atoms with E-state index in [1.165, 1.54) is 34.0 Å². The minimum Gasteiger partial charge on any atom is -0.462 e. The number of rotatable bonds is 5. The van der Waals surface area contributed by atoms with E-state index in [9.17, 15) is 24.0 Å². The summed E-state index contributed by atoms with van der Waals surface area (Å²) in [6.45, 7) is 9.59. The zero-order chi connectivity index (χ0) is 28.2. The Balaban J connectivity index is 1.82. The maximum Gasteiger partial charge on any atom is 0.333 e. The quantitative estimate of drug-likeness (QED) is 0.383. The van der Waals surface area contributed by atoms with E-state index in [0.717, 1.165) is 0 Å². The Hall–Kier alpha value is -2.75. The van der Waals surface area contributed by atoms with Gasteiger partial charge in [0.25, 0.3) is 0 Å². The van der Waals surface area contributed by atoms with Crippen LogP contribution >= 0.6 is 0 Å². The van der Waals surface area contributed by atoms with Gasteiger partial charge >= 0.3 is 23.9 Å². The highest BCUT2D eigenvalue weighted by atomic mass is 16.7. The first kappa shape index (κ1) is 28.3. The Labute approximate surface area is 222 Å². The first-order valence-corrected chi connectivity index (χ1v) is 13.2. The van der Waals surface area contributed by atoms with Gasteiger partial charge < -0.3 is 23.7 Å². The van der Waals surface area contributed by atoms with E-state index in [2.05, 4.69) is 6.92 Å². The average Bonchev–Trinajstić information content (AvgIpc) is 3.12. The van der Waals surface area contributed by atoms with Crippen LogP contribution in [-0.2, 0) is 47.7 Å². The zero-order valence-electron chi connectivity index (χ0n) is 23.2. The molecule has 0 bridgehead atoms. The molecule has 0 unspecified atom stereocenters. The SMILES string of the molecule is CO[C@]1(C)OC(=O)C=C1[C@@]1(C)CC[C@H]2[C@@H](C[C@H](OC(C)=O)[C@H]3[C@@H](OC(C)=O)C(=O)CC[C@@]32C)[C@H]1OC(C)=O. The van der Waals surface area contributed by atoms with Gasteiger partial charge in [-0.3, -0.25) is 19.2 Å². The lowest BCUT2D eigenvalue weighted by Gasteiger charge is -2.62. The first-order chi connectivity index (χ1) is 17.7. The molecule has 0 aromatic rings. The fourth-order valence-corrected chi connectivity index (χ4v) is 8.01. The van der Waals surface area contributed by atoms with Gasteiger partial charge in [-0.15, -0.1) is 0 Å². The number of carbonyl (C=O) groups is 5. The lowest BCUT2D eigenvalue weighted by Crippen LogP contribution is -2.65. The molecule has 3 saturated carbocycles. The number of hydrogen-bond donors (Lipinski definition) is 0. The van der Waals surface area contributed by atoms with E-state index < -0.39 is 64.7 Å². The average molecular weight is 535 g/mol. The van der Waals surface area contributed by atoms with Gasteiger partial charge in [-0.05, 0) is 37.0 Å². The minimum absolute atomic E-state index is 0.0321. The van der Waals surface area contributed by atoms with E-state index in [1.807, 2.05) is 6.92 Å². The van der Waals surface area contributed by atoms with Gasteiger partial charge in [0.1, 0.15) is 12.2 Å². The van der Waals surface area contributed by atoms with Gasteiger partial charge in [0.05, 0.1) is 0 Å².